The minimum absolute atomic E-state index is 0.358. The number of hydrogen-bond acceptors (Lipinski definition) is 7. The second kappa shape index (κ2) is 10.1. The van der Waals surface area contributed by atoms with E-state index >= 15 is 0 Å². The first-order valence-corrected chi connectivity index (χ1v) is 9.63. The third kappa shape index (κ3) is 6.07. The average molecular weight is 416 g/mol. The molecule has 0 aliphatic carbocycles. The quantitative estimate of drug-likeness (QED) is 0.467. The van der Waals surface area contributed by atoms with E-state index in [9.17, 15) is 0 Å². The summed E-state index contributed by atoms with van der Waals surface area (Å²) in [6, 6.07) is 15.3. The summed E-state index contributed by atoms with van der Waals surface area (Å²) in [5.41, 5.74) is 1.08. The van der Waals surface area contributed by atoms with E-state index in [0.29, 0.717) is 37.0 Å². The van der Waals surface area contributed by atoms with E-state index in [2.05, 4.69) is 10.00 Å². The molecule has 0 N–H and O–H groups in total. The van der Waals surface area contributed by atoms with Gasteiger partial charge in [-0.25, -0.2) is 4.68 Å². The predicted octanol–water partition coefficient (Wildman–Crippen LogP) is 3.78. The van der Waals surface area contributed by atoms with Gasteiger partial charge in [-0.15, -0.1) is 5.10 Å². The molecule has 0 saturated heterocycles. The van der Waals surface area contributed by atoms with Crippen molar-refractivity contribution in [3.63, 3.8) is 0 Å². The molecule has 8 heteroatoms. The fourth-order valence-electron chi connectivity index (χ4n) is 2.72. The summed E-state index contributed by atoms with van der Waals surface area (Å²) in [7, 11) is 5.27. The van der Waals surface area contributed by atoms with Crippen LogP contribution in [0.5, 0.6) is 17.2 Å². The molecule has 3 rings (SSSR count). The second-order valence-corrected chi connectivity index (χ2v) is 6.88. The summed E-state index contributed by atoms with van der Waals surface area (Å²) in [5.74, 6) is 3.01. The summed E-state index contributed by atoms with van der Waals surface area (Å²) >= 11 is 5.30. The monoisotopic (exact) mass is 415 g/mol. The van der Waals surface area contributed by atoms with Crippen LogP contribution < -0.4 is 14.2 Å². The van der Waals surface area contributed by atoms with Crippen LogP contribution in [0.15, 0.2) is 52.9 Å². The zero-order valence-electron chi connectivity index (χ0n) is 16.8. The lowest BCUT2D eigenvalue weighted by molar-refractivity contribution is 0.196. The Labute approximate surface area is 175 Å². The van der Waals surface area contributed by atoms with Crippen molar-refractivity contribution in [2.75, 3.05) is 34.4 Å². The molecule has 0 amide bonds. The van der Waals surface area contributed by atoms with E-state index in [1.54, 1.807) is 18.9 Å². The van der Waals surface area contributed by atoms with Crippen molar-refractivity contribution in [2.24, 2.45) is 0 Å². The van der Waals surface area contributed by atoms with E-state index in [-0.39, 0.29) is 0 Å². The Morgan fingerprint density at radius 3 is 2.17 bits per heavy atom. The minimum atomic E-state index is 0.358. The van der Waals surface area contributed by atoms with Gasteiger partial charge in [0.2, 0.25) is 5.89 Å². The maximum atomic E-state index is 5.76. The Morgan fingerprint density at radius 2 is 1.55 bits per heavy atom. The molecular weight excluding hydrogens is 390 g/mol. The lowest BCUT2D eigenvalue weighted by Crippen LogP contribution is -2.27. The number of nitrogens with zero attached hydrogens (tertiary/aromatic N) is 3. The highest BCUT2D eigenvalue weighted by Crippen LogP contribution is 2.17. The number of likely N-dealkylation sites (N-methyl/N-ethyl adjacent to an activating group) is 1. The van der Waals surface area contributed by atoms with E-state index in [4.69, 9.17) is 30.8 Å². The molecule has 0 saturated carbocycles. The molecule has 1 aromatic heterocycles. The Kier molecular flexibility index (Phi) is 7.26. The molecule has 0 unspecified atom stereocenters. The van der Waals surface area contributed by atoms with Crippen LogP contribution in [0.4, 0.5) is 0 Å². The molecule has 2 aromatic carbocycles. The average Bonchev–Trinajstić information content (AvgIpc) is 3.07. The Bertz CT molecular complexity index is 951. The predicted molar refractivity (Wildman–Crippen MR) is 112 cm³/mol. The number of benzene rings is 2. The van der Waals surface area contributed by atoms with Crippen molar-refractivity contribution in [1.82, 2.24) is 14.7 Å². The normalized spacial score (nSPS) is 10.9. The van der Waals surface area contributed by atoms with Gasteiger partial charge in [-0.1, -0.05) is 12.1 Å². The lowest BCUT2D eigenvalue weighted by Gasteiger charge is -2.16. The van der Waals surface area contributed by atoms with Crippen molar-refractivity contribution < 1.29 is 18.6 Å². The van der Waals surface area contributed by atoms with Gasteiger partial charge < -0.3 is 18.6 Å². The Hall–Kier alpha value is -2.84. The largest absolute Gasteiger partial charge is 0.497 e. The summed E-state index contributed by atoms with van der Waals surface area (Å²) < 4.78 is 23.4. The van der Waals surface area contributed by atoms with Crippen LogP contribution in [-0.2, 0) is 13.1 Å². The molecule has 0 spiro atoms. The van der Waals surface area contributed by atoms with Crippen LogP contribution in [0.2, 0.25) is 0 Å². The topological polar surface area (TPSA) is 61.9 Å². The van der Waals surface area contributed by atoms with Crippen LogP contribution >= 0.6 is 12.2 Å². The van der Waals surface area contributed by atoms with E-state index < -0.39 is 0 Å². The first kappa shape index (κ1) is 20.9. The highest BCUT2D eigenvalue weighted by Gasteiger charge is 2.09. The zero-order valence-corrected chi connectivity index (χ0v) is 17.6. The standard InChI is InChI=1S/C21H25N3O4S/c1-23(12-13-27-19-10-8-18(26-3)9-11-19)15-24-21(29)28-20(22-24)14-16-4-6-17(25-2)7-5-16/h4-11H,12-15H2,1-3H3. The molecule has 0 bridgehead atoms. The lowest BCUT2D eigenvalue weighted by atomic mass is 10.1. The molecule has 1 heterocycles. The first-order valence-electron chi connectivity index (χ1n) is 9.22. The van der Waals surface area contributed by atoms with Gasteiger partial charge in [-0.3, -0.25) is 4.90 Å². The molecule has 0 aliphatic heterocycles. The fraction of sp³-hybridized carbons (Fsp3) is 0.333. The highest BCUT2D eigenvalue weighted by molar-refractivity contribution is 7.71. The van der Waals surface area contributed by atoms with Crippen LogP contribution in [0.3, 0.4) is 0 Å². The third-order valence-corrected chi connectivity index (χ3v) is 4.63. The van der Waals surface area contributed by atoms with Gasteiger partial charge in [-0.2, -0.15) is 0 Å². The molecule has 0 aliphatic rings. The first-order chi connectivity index (χ1) is 14.1. The van der Waals surface area contributed by atoms with Crippen LogP contribution in [-0.4, -0.2) is 49.1 Å². The molecule has 154 valence electrons. The SMILES string of the molecule is COc1ccc(Cc2nn(CN(C)CCOc3ccc(OC)cc3)c(=S)o2)cc1. The highest BCUT2D eigenvalue weighted by atomic mass is 32.1. The van der Waals surface area contributed by atoms with Gasteiger partial charge in [0.25, 0.3) is 4.84 Å². The van der Waals surface area contributed by atoms with Gasteiger partial charge in [0.15, 0.2) is 0 Å². The van der Waals surface area contributed by atoms with Crippen LogP contribution in [0, 0.1) is 4.84 Å². The number of rotatable bonds is 10. The molecule has 0 radical (unpaired) electrons. The van der Waals surface area contributed by atoms with Gasteiger partial charge in [0, 0.05) is 6.54 Å². The Morgan fingerprint density at radius 1 is 0.966 bits per heavy atom. The molecular formula is C21H25N3O4S. The molecule has 29 heavy (non-hydrogen) atoms. The maximum absolute atomic E-state index is 5.76. The summed E-state index contributed by atoms with van der Waals surface area (Å²) in [6.07, 6.45) is 0.574. The summed E-state index contributed by atoms with van der Waals surface area (Å²) in [6.45, 7) is 1.79. The maximum Gasteiger partial charge on any atom is 0.288 e. The molecule has 3 aromatic rings. The van der Waals surface area contributed by atoms with Crippen molar-refractivity contribution in [3.8, 4) is 17.2 Å². The summed E-state index contributed by atoms with van der Waals surface area (Å²) in [4.78, 5) is 2.43. The number of methoxy groups -OCH3 is 2. The van der Waals surface area contributed by atoms with Gasteiger partial charge in [-0.05, 0) is 61.2 Å². The van der Waals surface area contributed by atoms with Crippen LogP contribution in [0.25, 0.3) is 0 Å². The van der Waals surface area contributed by atoms with Gasteiger partial charge in [0.05, 0.1) is 27.3 Å². The van der Waals surface area contributed by atoms with Gasteiger partial charge >= 0.3 is 0 Å². The van der Waals surface area contributed by atoms with Gasteiger partial charge in [0.1, 0.15) is 23.9 Å². The van der Waals surface area contributed by atoms with Crippen molar-refractivity contribution >= 4 is 12.2 Å². The van der Waals surface area contributed by atoms with Crippen molar-refractivity contribution in [2.45, 2.75) is 13.1 Å². The van der Waals surface area contributed by atoms with Crippen molar-refractivity contribution in [3.05, 3.63) is 64.8 Å². The number of hydrogen-bond donors (Lipinski definition) is 0. The van der Waals surface area contributed by atoms with E-state index in [1.165, 1.54) is 0 Å². The molecule has 0 atom stereocenters. The van der Waals surface area contributed by atoms with Crippen molar-refractivity contribution in [1.29, 1.82) is 0 Å². The zero-order chi connectivity index (χ0) is 20.6. The number of aromatic nitrogens is 2. The van der Waals surface area contributed by atoms with E-state index in [1.807, 2.05) is 55.6 Å². The third-order valence-electron chi connectivity index (χ3n) is 4.34. The smallest absolute Gasteiger partial charge is 0.288 e. The molecule has 0 fully saturated rings. The minimum Gasteiger partial charge on any atom is -0.497 e. The Balaban J connectivity index is 1.49. The van der Waals surface area contributed by atoms with Crippen LogP contribution in [0.1, 0.15) is 11.5 Å². The fourth-order valence-corrected chi connectivity index (χ4v) is 2.91. The van der Waals surface area contributed by atoms with E-state index in [0.717, 1.165) is 22.8 Å². The number of ether oxygens (including phenoxy) is 3. The summed E-state index contributed by atoms with van der Waals surface area (Å²) in [5, 5.41) is 4.49. The second-order valence-electron chi connectivity index (χ2n) is 6.53. The molecule has 7 nitrogen and oxygen atoms in total.